The fourth-order valence-electron chi connectivity index (χ4n) is 11.8. The highest BCUT2D eigenvalue weighted by molar-refractivity contribution is 8.46. The van der Waals surface area contributed by atoms with Gasteiger partial charge in [0.25, 0.3) is 0 Å². The second-order valence-corrected chi connectivity index (χ2v) is 35.0. The maximum absolute atomic E-state index is 15.0. The van der Waals surface area contributed by atoms with Crippen molar-refractivity contribution in [3.05, 3.63) is 195 Å². The molecule has 3 aliphatic heterocycles. The van der Waals surface area contributed by atoms with Crippen molar-refractivity contribution >= 4 is 84.4 Å². The molecule has 0 fully saturated rings. The Morgan fingerprint density at radius 2 is 0.566 bits per heavy atom. The summed E-state index contributed by atoms with van der Waals surface area (Å²) in [4.78, 5) is 83.1. The lowest BCUT2D eigenvalue weighted by atomic mass is 9.74. The van der Waals surface area contributed by atoms with E-state index in [0.717, 1.165) is 51.7 Å². The summed E-state index contributed by atoms with van der Waals surface area (Å²) in [5.74, 6) is -27.3. The van der Waals surface area contributed by atoms with Crippen LogP contribution < -0.4 is 16.0 Å². The zero-order valence-electron chi connectivity index (χ0n) is 59.5. The number of rotatable bonds is 9. The lowest BCUT2D eigenvalue weighted by Gasteiger charge is -2.43. The number of halogens is 27. The number of hydrogen-bond acceptors (Lipinski definition) is 11. The van der Waals surface area contributed by atoms with Gasteiger partial charge in [-0.1, -0.05) is 94.7 Å². The monoisotopic (exact) mass is 1720 g/mol. The second-order valence-electron chi connectivity index (χ2n) is 27.8. The number of nitrogens with zero attached hydrogens (tertiary/aromatic N) is 6. The van der Waals surface area contributed by atoms with Crippen LogP contribution in [0.2, 0.25) is 0 Å². The first kappa shape index (κ1) is 90.1. The van der Waals surface area contributed by atoms with Crippen LogP contribution in [-0.2, 0) is 45.3 Å². The van der Waals surface area contributed by atoms with Crippen molar-refractivity contribution in [3.63, 3.8) is 0 Å². The topological polar surface area (TPSA) is 204 Å². The predicted octanol–water partition coefficient (Wildman–Crippen LogP) is 20.5. The van der Waals surface area contributed by atoms with E-state index in [1.165, 1.54) is 46.9 Å². The van der Waals surface area contributed by atoms with Gasteiger partial charge in [-0.25, -0.2) is 64.1 Å². The Morgan fingerprint density at radius 3 is 0.743 bits per heavy atom. The summed E-state index contributed by atoms with van der Waals surface area (Å²) in [5.41, 5.74) is -13.7. The average Bonchev–Trinajstić information content (AvgIpc) is 0.725. The largest absolute Gasteiger partial charge is 0.471 e. The molecular formula is C66H60F27N9O8S3. The van der Waals surface area contributed by atoms with E-state index in [-0.39, 0.29) is 59.7 Å². The van der Waals surface area contributed by atoms with Gasteiger partial charge in [0.2, 0.25) is 35.6 Å². The van der Waals surface area contributed by atoms with Crippen LogP contribution in [0.5, 0.6) is 0 Å². The Kier molecular flexibility index (Phi) is 21.6. The number of guanidine groups is 3. The zero-order chi connectivity index (χ0) is 86.7. The number of hydrogen-bond donors (Lipinski definition) is 3. The SMILES string of the molecule is CN1C(=O)[C@@H](c2ccc(S(F)(F)(F)(F)F)cc2)[C@@](C)(c2c(F)cc(F)cc2F)N=C1NC(=O)C(F)(F)F.CN1C(=O)[C@@H](c2ccc(S(F)(F)(F)(F)F)cc2)[C@@](C)(c2c(F)cc(F)cc2F)N=C1NC(=O)OC(C)(C)C.CN1C(=O)[C@H](c2ccc(S(F)(F)(F)(F)F)cc2)[C@@](C)(c2c(F)cc(F)cc2F)N=C1NC(=O)OC(C)(C)C. The minimum absolute atomic E-state index is 0.0418. The summed E-state index contributed by atoms with van der Waals surface area (Å²) in [7, 11) is -27.3. The van der Waals surface area contributed by atoms with Crippen LogP contribution in [-0.4, -0.2) is 107 Å². The molecule has 0 bridgehead atoms. The molecule has 113 heavy (non-hydrogen) atoms. The number of ether oxygens (including phenoxy) is 2. The van der Waals surface area contributed by atoms with E-state index in [0.29, 0.717) is 65.6 Å². The van der Waals surface area contributed by atoms with E-state index in [2.05, 4.69) is 25.6 Å². The molecule has 624 valence electrons. The first-order valence-corrected chi connectivity index (χ1v) is 37.1. The summed E-state index contributed by atoms with van der Waals surface area (Å²) in [5, 5.41) is 5.60. The van der Waals surface area contributed by atoms with Gasteiger partial charge in [0.05, 0.1) is 34.4 Å². The Labute approximate surface area is 621 Å². The quantitative estimate of drug-likeness (QED) is 0.119. The lowest BCUT2D eigenvalue weighted by Crippen LogP contribution is -2.57. The van der Waals surface area contributed by atoms with E-state index < -0.39 is 225 Å². The molecule has 17 nitrogen and oxygen atoms in total. The number of amides is 6. The molecule has 6 atom stereocenters. The molecule has 3 N–H and O–H groups in total. The van der Waals surface area contributed by atoms with Crippen molar-refractivity contribution in [2.24, 2.45) is 15.0 Å². The van der Waals surface area contributed by atoms with Crippen LogP contribution in [0.4, 0.5) is 121 Å². The molecule has 0 radical (unpaired) electrons. The van der Waals surface area contributed by atoms with Crippen LogP contribution in [0.25, 0.3) is 0 Å². The van der Waals surface area contributed by atoms with Crippen LogP contribution in [0, 0.1) is 52.4 Å². The van der Waals surface area contributed by atoms with E-state index in [1.807, 2.05) is 0 Å². The average molecular weight is 1720 g/mol. The van der Waals surface area contributed by atoms with Gasteiger partial charge in [-0.3, -0.25) is 49.8 Å². The van der Waals surface area contributed by atoms with Crippen molar-refractivity contribution < 1.29 is 149 Å². The van der Waals surface area contributed by atoms with E-state index in [4.69, 9.17) is 9.47 Å². The molecule has 3 heterocycles. The van der Waals surface area contributed by atoms with E-state index in [9.17, 15) is 140 Å². The first-order valence-electron chi connectivity index (χ1n) is 31.3. The minimum atomic E-state index is -10.2. The van der Waals surface area contributed by atoms with Crippen molar-refractivity contribution in [1.82, 2.24) is 30.7 Å². The summed E-state index contributed by atoms with van der Waals surface area (Å²) in [6, 6.07) is 4.52. The van der Waals surface area contributed by atoms with Gasteiger partial charge in [-0.2, -0.15) is 13.2 Å². The minimum Gasteiger partial charge on any atom is -0.444 e. The second kappa shape index (κ2) is 27.0. The molecule has 0 unspecified atom stereocenters. The third kappa shape index (κ3) is 20.1. The number of aliphatic imine (C=N–C) groups is 3. The molecule has 6 aromatic rings. The zero-order valence-corrected chi connectivity index (χ0v) is 62.0. The third-order valence-electron chi connectivity index (χ3n) is 16.6. The van der Waals surface area contributed by atoms with Crippen molar-refractivity contribution in [2.75, 3.05) is 21.1 Å². The van der Waals surface area contributed by atoms with Gasteiger partial charge in [-0.15, -0.1) is 0 Å². The molecule has 47 heteroatoms. The standard InChI is InChI=1S/2C23H23F8N3O3S.C20H14F11N3O2S/c2*1-22(2,3)37-21(36)32-20-33-23(4,18-15(25)10-13(24)11-16(18)26)17(19(35)34(20)5)12-6-8-14(9-7-12)38(27,28,29,30)31;1-19(15-12(22)7-10(21)8-13(15)23)14(9-3-5-11(6-4-9)37(27,28,29,30)31)16(35)34(2)18(33-19)32-17(36)20(24,25)26/h2*6-11,17H,1-5H3,(H,32,33,36);3-8,14H,1-2H3,(H,32,33,36)/t17-,23+;17-,23-;14-,19+/m101/s1. The predicted molar refractivity (Wildman–Crippen MR) is 356 cm³/mol. The van der Waals surface area contributed by atoms with Crippen molar-refractivity contribution in [1.29, 1.82) is 0 Å². The van der Waals surface area contributed by atoms with Crippen molar-refractivity contribution in [2.45, 2.75) is 129 Å². The number of nitrogens with one attached hydrogen (secondary N) is 3. The van der Waals surface area contributed by atoms with Gasteiger partial charge in [0.15, 0.2) is 0 Å². The fourth-order valence-corrected chi connectivity index (χ4v) is 13.8. The maximum atomic E-state index is 15.0. The highest BCUT2D eigenvalue weighted by Crippen LogP contribution is 3.03. The highest BCUT2D eigenvalue weighted by atomic mass is 32.5. The number of benzene rings is 6. The van der Waals surface area contributed by atoms with E-state index in [1.54, 1.807) is 0 Å². The van der Waals surface area contributed by atoms with Crippen LogP contribution in [0.3, 0.4) is 0 Å². The Morgan fingerprint density at radius 1 is 0.372 bits per heavy atom. The van der Waals surface area contributed by atoms with Gasteiger partial charge in [-0.05, 0) is 115 Å². The van der Waals surface area contributed by atoms with E-state index >= 15 is 0 Å². The Bertz CT molecular complexity index is 4720. The number of alkyl carbamates (subject to hydrolysis) is 2. The molecule has 0 saturated heterocycles. The van der Waals surface area contributed by atoms with Gasteiger partial charge in [0.1, 0.15) is 94.9 Å². The van der Waals surface area contributed by atoms with Crippen molar-refractivity contribution in [3.8, 4) is 0 Å². The molecule has 0 spiro atoms. The summed E-state index contributed by atoms with van der Waals surface area (Å²) in [6.07, 6.45) is -7.69. The Balaban J connectivity index is 0.000000235. The van der Waals surface area contributed by atoms with Crippen LogP contribution in [0.1, 0.15) is 113 Å². The molecule has 0 aliphatic carbocycles. The van der Waals surface area contributed by atoms with Gasteiger partial charge >= 0.3 is 54.9 Å². The number of alkyl halides is 3. The van der Waals surface area contributed by atoms with Gasteiger partial charge in [0, 0.05) is 57.5 Å². The molecule has 6 amide bonds. The number of carbonyl (C=O) groups excluding carboxylic acids is 6. The normalized spacial score (nSPS) is 22.5. The molecule has 6 aromatic carbocycles. The lowest BCUT2D eigenvalue weighted by molar-refractivity contribution is -0.172. The highest BCUT2D eigenvalue weighted by Gasteiger charge is 2.68. The summed E-state index contributed by atoms with van der Waals surface area (Å²) < 4.78 is 377. The smallest absolute Gasteiger partial charge is 0.444 e. The molecular weight excluding hydrogens is 1660 g/mol. The molecule has 9 rings (SSSR count). The van der Waals surface area contributed by atoms with Gasteiger partial charge < -0.3 is 9.47 Å². The third-order valence-corrected chi connectivity index (χ3v) is 20.1. The number of likely N-dealkylation sites (N-methyl/N-ethyl adjacent to an activating group) is 3. The van der Waals surface area contributed by atoms with Crippen LogP contribution in [0.15, 0.2) is 139 Å². The Hall–Kier alpha value is -10.1. The molecule has 3 aliphatic rings. The number of carbonyl (C=O) groups is 6. The molecule has 0 saturated carbocycles. The maximum Gasteiger partial charge on any atom is 0.471 e. The first-order chi connectivity index (χ1) is 50.3. The summed E-state index contributed by atoms with van der Waals surface area (Å²) >= 11 is 0. The fraction of sp³-hybridized carbons (Fsp3) is 0.318. The van der Waals surface area contributed by atoms with Crippen LogP contribution >= 0.6 is 30.7 Å². The summed E-state index contributed by atoms with van der Waals surface area (Å²) in [6.45, 7) is 12.0. The molecule has 0 aromatic heterocycles.